The van der Waals surface area contributed by atoms with Gasteiger partial charge in [-0.2, -0.15) is 0 Å². The summed E-state index contributed by atoms with van der Waals surface area (Å²) in [6.45, 7) is 6.09. The minimum absolute atomic E-state index is 0.383. The molecule has 26 heavy (non-hydrogen) atoms. The maximum atomic E-state index is 5.67. The smallest absolute Gasteiger partial charge is 0.173 e. The molecule has 0 spiro atoms. The molecule has 0 aliphatic carbocycles. The number of H-pyrrole nitrogens is 1. The van der Waals surface area contributed by atoms with E-state index in [1.165, 1.54) is 11.1 Å². The molecule has 1 aliphatic heterocycles. The number of anilines is 1. The number of nitrogens with zero attached hydrogens (tertiary/aromatic N) is 2. The molecule has 2 aromatic carbocycles. The summed E-state index contributed by atoms with van der Waals surface area (Å²) in [4.78, 5) is 10.6. The van der Waals surface area contributed by atoms with Crippen molar-refractivity contribution < 1.29 is 0 Å². The van der Waals surface area contributed by atoms with Crippen molar-refractivity contribution >= 4 is 34.1 Å². The van der Waals surface area contributed by atoms with E-state index in [1.54, 1.807) is 0 Å². The number of hydrogen-bond donors (Lipinski definition) is 2. The molecule has 5 heteroatoms. The molecule has 1 saturated heterocycles. The third-order valence-corrected chi connectivity index (χ3v) is 5.38. The van der Waals surface area contributed by atoms with Crippen LogP contribution >= 0.6 is 12.2 Å². The molecular weight excluding hydrogens is 340 g/mol. The molecule has 1 aliphatic rings. The molecule has 2 N–H and O–H groups in total. The lowest BCUT2D eigenvalue weighted by atomic mass is 9.98. The van der Waals surface area contributed by atoms with Gasteiger partial charge in [-0.25, -0.2) is 4.98 Å². The van der Waals surface area contributed by atoms with E-state index < -0.39 is 0 Å². The highest BCUT2D eigenvalue weighted by molar-refractivity contribution is 7.80. The molecule has 4 rings (SSSR count). The van der Waals surface area contributed by atoms with Gasteiger partial charge in [-0.3, -0.25) is 0 Å². The summed E-state index contributed by atoms with van der Waals surface area (Å²) in [6, 6.07) is 14.7. The molecule has 0 saturated carbocycles. The molecule has 0 amide bonds. The van der Waals surface area contributed by atoms with Gasteiger partial charge in [0.2, 0.25) is 0 Å². The number of imidazole rings is 1. The Kier molecular flexibility index (Phi) is 4.64. The lowest BCUT2D eigenvalue weighted by Gasteiger charge is -2.33. The Morgan fingerprint density at radius 3 is 2.88 bits per heavy atom. The van der Waals surface area contributed by atoms with E-state index in [4.69, 9.17) is 17.2 Å². The van der Waals surface area contributed by atoms with E-state index in [9.17, 15) is 0 Å². The highest BCUT2D eigenvalue weighted by Crippen LogP contribution is 2.27. The van der Waals surface area contributed by atoms with Crippen LogP contribution in [0.1, 0.15) is 35.7 Å². The van der Waals surface area contributed by atoms with Crippen LogP contribution in [0.15, 0.2) is 42.5 Å². The van der Waals surface area contributed by atoms with Crippen LogP contribution in [-0.2, 0) is 0 Å². The van der Waals surface area contributed by atoms with Gasteiger partial charge in [0.25, 0.3) is 0 Å². The van der Waals surface area contributed by atoms with E-state index in [0.717, 1.165) is 53.6 Å². The molecule has 4 nitrogen and oxygen atoms in total. The lowest BCUT2D eigenvalue weighted by molar-refractivity contribution is 0.307. The van der Waals surface area contributed by atoms with E-state index in [1.807, 2.05) is 0 Å². The first kappa shape index (κ1) is 17.0. The van der Waals surface area contributed by atoms with E-state index >= 15 is 0 Å². The van der Waals surface area contributed by atoms with E-state index in [-0.39, 0.29) is 0 Å². The largest absolute Gasteiger partial charge is 0.348 e. The van der Waals surface area contributed by atoms with Gasteiger partial charge in [0.1, 0.15) is 5.82 Å². The number of thiocarbonyl (C=S) groups is 1. The molecule has 1 unspecified atom stereocenters. The zero-order valence-electron chi connectivity index (χ0n) is 15.2. The van der Waals surface area contributed by atoms with Crippen molar-refractivity contribution in [1.29, 1.82) is 0 Å². The predicted octanol–water partition coefficient (Wildman–Crippen LogP) is 4.76. The van der Waals surface area contributed by atoms with Crippen molar-refractivity contribution in [3.05, 3.63) is 59.4 Å². The first-order chi connectivity index (χ1) is 12.6. The monoisotopic (exact) mass is 364 g/mol. The zero-order valence-corrected chi connectivity index (χ0v) is 16.1. The fraction of sp³-hybridized carbons (Fsp3) is 0.333. The van der Waals surface area contributed by atoms with Crippen molar-refractivity contribution in [2.75, 3.05) is 18.4 Å². The fourth-order valence-corrected chi connectivity index (χ4v) is 3.93. The molecule has 1 aromatic heterocycles. The van der Waals surface area contributed by atoms with Crippen molar-refractivity contribution in [2.45, 2.75) is 32.6 Å². The number of hydrogen-bond acceptors (Lipinski definition) is 2. The molecule has 134 valence electrons. The van der Waals surface area contributed by atoms with Crippen LogP contribution in [0.4, 0.5) is 5.69 Å². The number of nitrogens with one attached hydrogen (secondary N) is 2. The zero-order chi connectivity index (χ0) is 18.1. The average molecular weight is 365 g/mol. The number of rotatable bonds is 2. The third kappa shape index (κ3) is 3.58. The fourth-order valence-electron chi connectivity index (χ4n) is 3.65. The Balaban J connectivity index is 1.48. The minimum Gasteiger partial charge on any atom is -0.348 e. The van der Waals surface area contributed by atoms with Crippen LogP contribution in [-0.4, -0.2) is 33.1 Å². The van der Waals surface area contributed by atoms with Gasteiger partial charge in [-0.15, -0.1) is 0 Å². The van der Waals surface area contributed by atoms with Crippen LogP contribution in [0.5, 0.6) is 0 Å². The van der Waals surface area contributed by atoms with Crippen LogP contribution in [0.25, 0.3) is 11.0 Å². The van der Waals surface area contributed by atoms with Crippen molar-refractivity contribution in [3.63, 3.8) is 0 Å². The maximum Gasteiger partial charge on any atom is 0.173 e. The number of benzene rings is 2. The standard InChI is InChI=1S/C21H24N4S/c1-14-5-3-7-17(11-14)22-21(26)25-10-4-6-16(13-25)20-23-18-9-8-15(2)12-19(18)24-20/h3,5,7-9,11-12,16H,4,6,10,13H2,1-2H3,(H,22,26)(H,23,24). The van der Waals surface area contributed by atoms with Gasteiger partial charge < -0.3 is 15.2 Å². The second kappa shape index (κ2) is 7.08. The van der Waals surface area contributed by atoms with Crippen LogP contribution < -0.4 is 5.32 Å². The second-order valence-electron chi connectivity index (χ2n) is 7.23. The van der Waals surface area contributed by atoms with Crippen molar-refractivity contribution in [2.24, 2.45) is 0 Å². The number of aryl methyl sites for hydroxylation is 2. The van der Waals surface area contributed by atoms with Gasteiger partial charge in [-0.1, -0.05) is 18.2 Å². The first-order valence-corrected chi connectivity index (χ1v) is 9.58. The summed E-state index contributed by atoms with van der Waals surface area (Å²) in [6.07, 6.45) is 2.26. The van der Waals surface area contributed by atoms with Gasteiger partial charge in [0.15, 0.2) is 5.11 Å². The lowest BCUT2D eigenvalue weighted by Crippen LogP contribution is -2.41. The highest BCUT2D eigenvalue weighted by Gasteiger charge is 2.25. The number of aromatic nitrogens is 2. The Bertz CT molecular complexity index is 946. The summed E-state index contributed by atoms with van der Waals surface area (Å²) in [7, 11) is 0. The Hall–Kier alpha value is -2.40. The summed E-state index contributed by atoms with van der Waals surface area (Å²) in [5.41, 5.74) is 5.70. The first-order valence-electron chi connectivity index (χ1n) is 9.17. The predicted molar refractivity (Wildman–Crippen MR) is 112 cm³/mol. The molecule has 1 fully saturated rings. The number of aromatic amines is 1. The highest BCUT2D eigenvalue weighted by atomic mass is 32.1. The summed E-state index contributed by atoms with van der Waals surface area (Å²) >= 11 is 5.67. The van der Waals surface area contributed by atoms with Gasteiger partial charge in [0, 0.05) is 24.7 Å². The van der Waals surface area contributed by atoms with Gasteiger partial charge in [0.05, 0.1) is 11.0 Å². The van der Waals surface area contributed by atoms with Crippen molar-refractivity contribution in [3.8, 4) is 0 Å². The molecule has 1 atom stereocenters. The third-order valence-electron chi connectivity index (χ3n) is 5.02. The topological polar surface area (TPSA) is 44.0 Å². The van der Waals surface area contributed by atoms with Crippen molar-refractivity contribution in [1.82, 2.24) is 14.9 Å². The summed E-state index contributed by atoms with van der Waals surface area (Å²) in [5.74, 6) is 1.46. The van der Waals surface area contributed by atoms with Crippen LogP contribution in [0.3, 0.4) is 0 Å². The number of piperidine rings is 1. The molecule has 0 bridgehead atoms. The number of fused-ring (bicyclic) bond motifs is 1. The average Bonchev–Trinajstić information content (AvgIpc) is 3.05. The van der Waals surface area contributed by atoms with Gasteiger partial charge >= 0.3 is 0 Å². The molecule has 0 radical (unpaired) electrons. The quantitative estimate of drug-likeness (QED) is 0.644. The molecular formula is C21H24N4S. The summed E-state index contributed by atoms with van der Waals surface area (Å²) < 4.78 is 0. The Morgan fingerprint density at radius 1 is 1.19 bits per heavy atom. The maximum absolute atomic E-state index is 5.67. The molecule has 3 aromatic rings. The van der Waals surface area contributed by atoms with Gasteiger partial charge in [-0.05, 0) is 74.3 Å². The minimum atomic E-state index is 0.383. The molecule has 2 heterocycles. The van der Waals surface area contributed by atoms with E-state index in [0.29, 0.717) is 5.92 Å². The van der Waals surface area contributed by atoms with Crippen LogP contribution in [0, 0.1) is 13.8 Å². The number of likely N-dealkylation sites (tertiary alicyclic amines) is 1. The van der Waals surface area contributed by atoms with Crippen LogP contribution in [0.2, 0.25) is 0 Å². The second-order valence-corrected chi connectivity index (χ2v) is 7.61. The Labute approximate surface area is 159 Å². The SMILES string of the molecule is Cc1cccc(NC(=S)N2CCCC(c3nc4ccc(C)cc4[nH]3)C2)c1. The Morgan fingerprint density at radius 2 is 2.04 bits per heavy atom. The normalized spacial score (nSPS) is 17.5. The summed E-state index contributed by atoms with van der Waals surface area (Å²) in [5, 5.41) is 4.18. The van der Waals surface area contributed by atoms with E-state index in [2.05, 4.69) is 71.5 Å².